The largest absolute Gasteiger partial charge is 0.488 e. The molecule has 2 aliphatic rings. The molecule has 0 heterocycles. The first-order valence-electron chi connectivity index (χ1n) is 7.62. The molecule has 1 amide bonds. The van der Waals surface area contributed by atoms with Crippen LogP contribution in [0.15, 0.2) is 24.3 Å². The molecule has 4 N–H and O–H groups in total. The minimum absolute atomic E-state index is 0. The topological polar surface area (TPSA) is 84.6 Å². The molecule has 0 bridgehead atoms. The van der Waals surface area contributed by atoms with Gasteiger partial charge >= 0.3 is 0 Å². The van der Waals surface area contributed by atoms with Crippen LogP contribution in [0.3, 0.4) is 0 Å². The predicted molar refractivity (Wildman–Crippen MR) is 87.4 cm³/mol. The Balaban J connectivity index is 0.00000176. The number of hydrogen-bond acceptors (Lipinski definition) is 4. The molecular formula is C16H23ClN2O3. The zero-order valence-electron chi connectivity index (χ0n) is 12.5. The van der Waals surface area contributed by atoms with E-state index in [1.54, 1.807) is 12.1 Å². The minimum atomic E-state index is -0.665. The van der Waals surface area contributed by atoms with Crippen molar-refractivity contribution >= 4 is 24.0 Å². The van der Waals surface area contributed by atoms with Gasteiger partial charge in [0.25, 0.3) is 0 Å². The van der Waals surface area contributed by atoms with Crippen LogP contribution in [0.5, 0.6) is 5.75 Å². The van der Waals surface area contributed by atoms with Gasteiger partial charge in [0.1, 0.15) is 11.9 Å². The highest BCUT2D eigenvalue weighted by atomic mass is 35.5. The highest BCUT2D eigenvalue weighted by molar-refractivity contribution is 6.00. The molecule has 2 atom stereocenters. The zero-order valence-corrected chi connectivity index (χ0v) is 13.3. The Morgan fingerprint density at radius 2 is 1.86 bits per heavy atom. The van der Waals surface area contributed by atoms with E-state index >= 15 is 0 Å². The van der Waals surface area contributed by atoms with Gasteiger partial charge in [-0.05, 0) is 56.4 Å². The molecule has 2 saturated carbocycles. The lowest BCUT2D eigenvalue weighted by Crippen LogP contribution is -2.37. The van der Waals surface area contributed by atoms with Gasteiger partial charge in [0.05, 0.1) is 11.6 Å². The second-order valence-electron chi connectivity index (χ2n) is 6.14. The number of amides is 1. The van der Waals surface area contributed by atoms with E-state index in [0.29, 0.717) is 11.4 Å². The fourth-order valence-electron chi connectivity index (χ4n) is 2.62. The van der Waals surface area contributed by atoms with Gasteiger partial charge in [-0.3, -0.25) is 4.79 Å². The summed E-state index contributed by atoms with van der Waals surface area (Å²) < 4.78 is 5.82. The molecule has 6 heteroatoms. The van der Waals surface area contributed by atoms with Crippen molar-refractivity contribution in [2.24, 2.45) is 5.73 Å². The highest BCUT2D eigenvalue weighted by Crippen LogP contribution is 2.33. The van der Waals surface area contributed by atoms with Crippen molar-refractivity contribution in [3.63, 3.8) is 0 Å². The molecule has 0 aliphatic heterocycles. The zero-order chi connectivity index (χ0) is 14.9. The number of benzene rings is 1. The Morgan fingerprint density at radius 3 is 2.45 bits per heavy atom. The van der Waals surface area contributed by atoms with E-state index in [0.717, 1.165) is 38.5 Å². The summed E-state index contributed by atoms with van der Waals surface area (Å²) in [5.41, 5.74) is 5.89. The number of rotatable bonds is 4. The molecule has 0 aromatic heterocycles. The van der Waals surface area contributed by atoms with Crippen LogP contribution in [-0.2, 0) is 4.79 Å². The average molecular weight is 327 g/mol. The van der Waals surface area contributed by atoms with Gasteiger partial charge in [-0.2, -0.15) is 0 Å². The maximum Gasteiger partial charge on any atom is 0.244 e. The molecule has 5 nitrogen and oxygen atoms in total. The third kappa shape index (κ3) is 3.91. The molecule has 0 spiro atoms. The molecule has 3 rings (SSSR count). The van der Waals surface area contributed by atoms with Crippen molar-refractivity contribution < 1.29 is 14.6 Å². The number of nitrogens with two attached hydrogens (primary N) is 1. The highest BCUT2D eigenvalue weighted by Gasteiger charge is 2.45. The van der Waals surface area contributed by atoms with Gasteiger partial charge in [0, 0.05) is 5.69 Å². The summed E-state index contributed by atoms with van der Waals surface area (Å²) in [6.45, 7) is 0. The van der Waals surface area contributed by atoms with Gasteiger partial charge in [-0.25, -0.2) is 0 Å². The van der Waals surface area contributed by atoms with Gasteiger partial charge in [0.15, 0.2) is 0 Å². The van der Waals surface area contributed by atoms with E-state index in [1.807, 2.05) is 12.1 Å². The first-order valence-corrected chi connectivity index (χ1v) is 7.62. The van der Waals surface area contributed by atoms with Crippen LogP contribution in [0.1, 0.15) is 38.5 Å². The Morgan fingerprint density at radius 1 is 1.23 bits per heavy atom. The molecule has 2 unspecified atom stereocenters. The maximum atomic E-state index is 11.8. The fourth-order valence-corrected chi connectivity index (χ4v) is 2.62. The maximum absolute atomic E-state index is 11.8. The number of hydrogen-bond donors (Lipinski definition) is 3. The third-order valence-corrected chi connectivity index (χ3v) is 4.31. The lowest BCUT2D eigenvalue weighted by Gasteiger charge is -2.28. The normalized spacial score (nSPS) is 25.7. The summed E-state index contributed by atoms with van der Waals surface area (Å²) in [6.07, 6.45) is 4.83. The predicted octanol–water partition coefficient (Wildman–Crippen LogP) is 2.22. The van der Waals surface area contributed by atoms with Crippen molar-refractivity contribution in [2.75, 3.05) is 5.32 Å². The number of carbonyl (C=O) groups excluding carboxylic acids is 1. The van der Waals surface area contributed by atoms with E-state index in [4.69, 9.17) is 10.5 Å². The summed E-state index contributed by atoms with van der Waals surface area (Å²) in [7, 11) is 0. The van der Waals surface area contributed by atoms with Crippen molar-refractivity contribution in [1.82, 2.24) is 0 Å². The van der Waals surface area contributed by atoms with E-state index < -0.39 is 5.54 Å². The molecule has 2 fully saturated rings. The molecule has 0 saturated heterocycles. The van der Waals surface area contributed by atoms with Crippen molar-refractivity contribution in [3.8, 4) is 5.75 Å². The number of anilines is 1. The number of aliphatic hydroxyl groups is 1. The molecule has 22 heavy (non-hydrogen) atoms. The molecule has 122 valence electrons. The van der Waals surface area contributed by atoms with Crippen LogP contribution in [0.4, 0.5) is 5.69 Å². The van der Waals surface area contributed by atoms with Gasteiger partial charge in [-0.15, -0.1) is 12.4 Å². The van der Waals surface area contributed by atoms with E-state index in [2.05, 4.69) is 5.32 Å². The Kier molecular flexibility index (Phi) is 5.32. The molecule has 0 radical (unpaired) electrons. The second kappa shape index (κ2) is 6.86. The van der Waals surface area contributed by atoms with Crippen LogP contribution in [-0.4, -0.2) is 28.8 Å². The van der Waals surface area contributed by atoms with Crippen LogP contribution in [0, 0.1) is 0 Å². The molecule has 2 aliphatic carbocycles. The Hall–Kier alpha value is -1.30. The van der Waals surface area contributed by atoms with Gasteiger partial charge < -0.3 is 20.9 Å². The average Bonchev–Trinajstić information content (AvgIpc) is 3.23. The lowest BCUT2D eigenvalue weighted by molar-refractivity contribution is -0.118. The standard InChI is InChI=1S/C16H22N2O3.ClH/c17-16(9-10-16)15(20)18-11-5-7-12(8-6-11)21-14-4-2-1-3-13(14)19;/h5-8,13-14,19H,1-4,9-10,17H2,(H,18,20);1H. The summed E-state index contributed by atoms with van der Waals surface area (Å²) >= 11 is 0. The first kappa shape index (κ1) is 17.1. The molecule has 1 aromatic rings. The summed E-state index contributed by atoms with van der Waals surface area (Å²) in [5, 5.41) is 12.7. The summed E-state index contributed by atoms with van der Waals surface area (Å²) in [5.74, 6) is 0.590. The van der Waals surface area contributed by atoms with Gasteiger partial charge in [0.2, 0.25) is 5.91 Å². The van der Waals surface area contributed by atoms with Crippen molar-refractivity contribution in [3.05, 3.63) is 24.3 Å². The number of ether oxygens (including phenoxy) is 1. The first-order chi connectivity index (χ1) is 10.1. The van der Waals surface area contributed by atoms with Gasteiger partial charge in [-0.1, -0.05) is 6.42 Å². The lowest BCUT2D eigenvalue weighted by atomic mass is 9.95. The van der Waals surface area contributed by atoms with Crippen molar-refractivity contribution in [2.45, 2.75) is 56.3 Å². The molecular weight excluding hydrogens is 304 g/mol. The van der Waals surface area contributed by atoms with Crippen molar-refractivity contribution in [1.29, 1.82) is 0 Å². The second-order valence-corrected chi connectivity index (χ2v) is 6.14. The molecule has 1 aromatic carbocycles. The number of nitrogens with one attached hydrogen (secondary N) is 1. The Bertz CT molecular complexity index is 517. The van der Waals surface area contributed by atoms with Crippen LogP contribution in [0.2, 0.25) is 0 Å². The summed E-state index contributed by atoms with van der Waals surface area (Å²) in [4.78, 5) is 11.8. The third-order valence-electron chi connectivity index (χ3n) is 4.31. The number of halogens is 1. The Labute approximate surface area is 136 Å². The van der Waals surface area contributed by atoms with E-state index in [1.165, 1.54) is 0 Å². The quantitative estimate of drug-likeness (QED) is 0.792. The number of aliphatic hydroxyl groups excluding tert-OH is 1. The van der Waals surface area contributed by atoms with E-state index in [-0.39, 0.29) is 30.5 Å². The van der Waals surface area contributed by atoms with E-state index in [9.17, 15) is 9.90 Å². The minimum Gasteiger partial charge on any atom is -0.488 e. The number of carbonyl (C=O) groups is 1. The fraction of sp³-hybridized carbons (Fsp3) is 0.562. The van der Waals surface area contributed by atoms with Crippen LogP contribution < -0.4 is 15.8 Å². The monoisotopic (exact) mass is 326 g/mol. The van der Waals surface area contributed by atoms with Crippen LogP contribution >= 0.6 is 12.4 Å². The smallest absolute Gasteiger partial charge is 0.244 e. The summed E-state index contributed by atoms with van der Waals surface area (Å²) in [6, 6.07) is 7.22. The SMILES string of the molecule is Cl.NC1(C(=O)Nc2ccc(OC3CCCCC3O)cc2)CC1. The van der Waals surface area contributed by atoms with Crippen LogP contribution in [0.25, 0.3) is 0 Å².